The van der Waals surface area contributed by atoms with Gasteiger partial charge in [0.15, 0.2) is 5.69 Å². The maximum atomic E-state index is 11.8. The van der Waals surface area contributed by atoms with E-state index in [9.17, 15) is 4.79 Å². The van der Waals surface area contributed by atoms with Crippen LogP contribution in [0.5, 0.6) is 0 Å². The van der Waals surface area contributed by atoms with Gasteiger partial charge in [0.1, 0.15) is 6.61 Å². The fraction of sp³-hybridized carbons (Fsp3) is 0.308. The molecule has 0 spiro atoms. The smallest absolute Gasteiger partial charge is 0.360 e. The average Bonchev–Trinajstić information content (AvgIpc) is 2.85. The molecular weight excluding hydrogens is 280 g/mol. The lowest BCUT2D eigenvalue weighted by molar-refractivity contribution is 0.0465. The van der Waals surface area contributed by atoms with Crippen LogP contribution in [0, 0.1) is 0 Å². The second-order valence-corrected chi connectivity index (χ2v) is 5.03. The standard InChI is InChI=1S/C13H13ClN4O2/c14-10-3-1-9(2-4-10)8-20-13(19)12-7-18(17-16-12)11-5-15-6-11/h1-4,7,11,15H,5-6,8H2. The van der Waals surface area contributed by atoms with Gasteiger partial charge in [-0.05, 0) is 17.7 Å². The van der Waals surface area contributed by atoms with Crippen LogP contribution in [0.3, 0.4) is 0 Å². The molecule has 104 valence electrons. The second kappa shape index (κ2) is 5.60. The molecular formula is C13H13ClN4O2. The number of hydrogen-bond acceptors (Lipinski definition) is 5. The number of nitrogens with zero attached hydrogens (tertiary/aromatic N) is 3. The van der Waals surface area contributed by atoms with Crippen molar-refractivity contribution in [3.8, 4) is 0 Å². The zero-order chi connectivity index (χ0) is 13.9. The lowest BCUT2D eigenvalue weighted by Crippen LogP contribution is -2.43. The first-order valence-electron chi connectivity index (χ1n) is 6.26. The van der Waals surface area contributed by atoms with Crippen LogP contribution >= 0.6 is 11.6 Å². The second-order valence-electron chi connectivity index (χ2n) is 4.60. The maximum absolute atomic E-state index is 11.8. The zero-order valence-corrected chi connectivity index (χ0v) is 11.4. The van der Waals surface area contributed by atoms with Crippen LogP contribution < -0.4 is 5.32 Å². The minimum atomic E-state index is -0.474. The highest BCUT2D eigenvalue weighted by Crippen LogP contribution is 2.12. The summed E-state index contributed by atoms with van der Waals surface area (Å²) < 4.78 is 6.88. The molecule has 0 atom stereocenters. The maximum Gasteiger partial charge on any atom is 0.360 e. The number of benzene rings is 1. The van der Waals surface area contributed by atoms with Gasteiger partial charge in [-0.3, -0.25) is 0 Å². The molecule has 0 radical (unpaired) electrons. The van der Waals surface area contributed by atoms with Crippen LogP contribution in [0.15, 0.2) is 30.5 Å². The fourth-order valence-corrected chi connectivity index (χ4v) is 1.94. The third kappa shape index (κ3) is 2.81. The Morgan fingerprint density at radius 3 is 2.80 bits per heavy atom. The van der Waals surface area contributed by atoms with E-state index in [0.717, 1.165) is 18.7 Å². The van der Waals surface area contributed by atoms with Gasteiger partial charge in [-0.25, -0.2) is 9.48 Å². The molecule has 0 bridgehead atoms. The quantitative estimate of drug-likeness (QED) is 0.864. The largest absolute Gasteiger partial charge is 0.456 e. The number of halogens is 1. The Morgan fingerprint density at radius 1 is 1.40 bits per heavy atom. The predicted molar refractivity (Wildman–Crippen MR) is 72.5 cm³/mol. The molecule has 2 aromatic rings. The van der Waals surface area contributed by atoms with Gasteiger partial charge in [0.2, 0.25) is 0 Å². The van der Waals surface area contributed by atoms with Gasteiger partial charge in [-0.15, -0.1) is 5.10 Å². The SMILES string of the molecule is O=C(OCc1ccc(Cl)cc1)c1cn(C2CNC2)nn1. The number of carbonyl (C=O) groups excluding carboxylic acids is 1. The highest BCUT2D eigenvalue weighted by atomic mass is 35.5. The highest BCUT2D eigenvalue weighted by molar-refractivity contribution is 6.30. The number of hydrogen-bond donors (Lipinski definition) is 1. The molecule has 0 unspecified atom stereocenters. The van der Waals surface area contributed by atoms with Crippen LogP contribution in [0.4, 0.5) is 0 Å². The van der Waals surface area contributed by atoms with Crippen LogP contribution in [-0.4, -0.2) is 34.1 Å². The van der Waals surface area contributed by atoms with Crippen molar-refractivity contribution in [3.05, 3.63) is 46.7 Å². The molecule has 0 saturated carbocycles. The van der Waals surface area contributed by atoms with Gasteiger partial charge in [-0.2, -0.15) is 0 Å². The molecule has 1 aromatic heterocycles. The summed E-state index contributed by atoms with van der Waals surface area (Å²) in [6.45, 7) is 1.89. The lowest BCUT2D eigenvalue weighted by Gasteiger charge is -2.26. The van der Waals surface area contributed by atoms with Crippen molar-refractivity contribution < 1.29 is 9.53 Å². The summed E-state index contributed by atoms with van der Waals surface area (Å²) in [6.07, 6.45) is 1.62. The minimum absolute atomic E-state index is 0.188. The number of rotatable bonds is 4. The fourth-order valence-electron chi connectivity index (χ4n) is 1.81. The van der Waals surface area contributed by atoms with E-state index in [0.29, 0.717) is 5.02 Å². The Kier molecular flexibility index (Phi) is 3.66. The minimum Gasteiger partial charge on any atom is -0.456 e. The summed E-state index contributed by atoms with van der Waals surface area (Å²) in [6, 6.07) is 7.41. The van der Waals surface area contributed by atoms with Crippen molar-refractivity contribution in [1.82, 2.24) is 20.3 Å². The number of esters is 1. The van der Waals surface area contributed by atoms with Crippen LogP contribution in [0.1, 0.15) is 22.1 Å². The molecule has 0 amide bonds. The third-order valence-electron chi connectivity index (χ3n) is 3.14. The zero-order valence-electron chi connectivity index (χ0n) is 10.6. The Morgan fingerprint density at radius 2 is 2.15 bits per heavy atom. The Balaban J connectivity index is 1.58. The molecule has 1 aromatic carbocycles. The van der Waals surface area contributed by atoms with E-state index >= 15 is 0 Å². The molecule has 0 aliphatic carbocycles. The van der Waals surface area contributed by atoms with Gasteiger partial charge in [0, 0.05) is 18.1 Å². The van der Waals surface area contributed by atoms with Crippen molar-refractivity contribution in [3.63, 3.8) is 0 Å². The Hall–Kier alpha value is -1.92. The molecule has 1 aliphatic heterocycles. The number of aromatic nitrogens is 3. The summed E-state index contributed by atoms with van der Waals surface area (Å²) in [4.78, 5) is 11.8. The average molecular weight is 293 g/mol. The normalized spacial score (nSPS) is 14.8. The molecule has 2 heterocycles. The molecule has 1 fully saturated rings. The van der Waals surface area contributed by atoms with E-state index in [-0.39, 0.29) is 18.3 Å². The molecule has 20 heavy (non-hydrogen) atoms. The van der Waals surface area contributed by atoms with E-state index in [1.807, 2.05) is 12.1 Å². The topological polar surface area (TPSA) is 69.0 Å². The van der Waals surface area contributed by atoms with E-state index in [1.54, 1.807) is 23.0 Å². The van der Waals surface area contributed by atoms with Crippen molar-refractivity contribution in [2.45, 2.75) is 12.6 Å². The first-order chi connectivity index (χ1) is 9.72. The molecule has 1 saturated heterocycles. The predicted octanol–water partition coefficient (Wildman–Crippen LogP) is 1.43. The van der Waals surface area contributed by atoms with E-state index < -0.39 is 5.97 Å². The first-order valence-corrected chi connectivity index (χ1v) is 6.64. The van der Waals surface area contributed by atoms with Crippen LogP contribution in [0.25, 0.3) is 0 Å². The van der Waals surface area contributed by atoms with E-state index in [4.69, 9.17) is 16.3 Å². The summed E-state index contributed by atoms with van der Waals surface area (Å²) in [5.41, 5.74) is 1.10. The summed E-state index contributed by atoms with van der Waals surface area (Å²) in [7, 11) is 0. The van der Waals surface area contributed by atoms with Crippen molar-refractivity contribution in [2.24, 2.45) is 0 Å². The van der Waals surface area contributed by atoms with Gasteiger partial charge in [0.05, 0.1) is 12.2 Å². The Bertz CT molecular complexity index is 607. The number of ether oxygens (including phenoxy) is 1. The molecule has 7 heteroatoms. The monoisotopic (exact) mass is 292 g/mol. The third-order valence-corrected chi connectivity index (χ3v) is 3.39. The Labute approximate surface area is 120 Å². The first kappa shape index (κ1) is 13.1. The summed E-state index contributed by atoms with van der Waals surface area (Å²) >= 11 is 5.79. The van der Waals surface area contributed by atoms with Gasteiger partial charge < -0.3 is 10.1 Å². The number of carbonyl (C=O) groups is 1. The number of nitrogens with one attached hydrogen (secondary N) is 1. The van der Waals surface area contributed by atoms with Crippen LogP contribution in [0.2, 0.25) is 5.02 Å². The lowest BCUT2D eigenvalue weighted by atomic mass is 10.2. The van der Waals surface area contributed by atoms with Crippen molar-refractivity contribution in [1.29, 1.82) is 0 Å². The van der Waals surface area contributed by atoms with Crippen LogP contribution in [-0.2, 0) is 11.3 Å². The molecule has 6 nitrogen and oxygen atoms in total. The molecule has 3 rings (SSSR count). The van der Waals surface area contributed by atoms with Gasteiger partial charge >= 0.3 is 5.97 Å². The van der Waals surface area contributed by atoms with Gasteiger partial charge in [-0.1, -0.05) is 28.9 Å². The van der Waals surface area contributed by atoms with Crippen molar-refractivity contribution >= 4 is 17.6 Å². The summed E-state index contributed by atoms with van der Waals surface area (Å²) in [5, 5.41) is 11.6. The van der Waals surface area contributed by atoms with Gasteiger partial charge in [0.25, 0.3) is 0 Å². The van der Waals surface area contributed by atoms with E-state index in [1.165, 1.54) is 0 Å². The highest BCUT2D eigenvalue weighted by Gasteiger charge is 2.22. The molecule has 1 N–H and O–H groups in total. The molecule has 1 aliphatic rings. The van der Waals surface area contributed by atoms with E-state index in [2.05, 4.69) is 15.6 Å². The van der Waals surface area contributed by atoms with Crippen molar-refractivity contribution in [2.75, 3.05) is 13.1 Å². The summed E-state index contributed by atoms with van der Waals surface area (Å²) in [5.74, 6) is -0.474.